The zero-order chi connectivity index (χ0) is 17.9. The van der Waals surface area contributed by atoms with Gasteiger partial charge in [0.05, 0.1) is 18.8 Å². The Hall–Kier alpha value is -0.393. The van der Waals surface area contributed by atoms with Gasteiger partial charge in [-0.15, -0.1) is 0 Å². The Bertz CT molecular complexity index is 373. The van der Waals surface area contributed by atoms with Crippen molar-refractivity contribution in [2.45, 2.75) is 97.2 Å². The van der Waals surface area contributed by atoms with E-state index < -0.39 is 8.32 Å². The van der Waals surface area contributed by atoms with Crippen molar-refractivity contribution < 1.29 is 18.7 Å². The van der Waals surface area contributed by atoms with Gasteiger partial charge in [-0.1, -0.05) is 48.5 Å². The highest BCUT2D eigenvalue weighted by Gasteiger charge is 2.48. The predicted octanol–water partition coefficient (Wildman–Crippen LogP) is 4.53. The number of esters is 1. The number of epoxide rings is 1. The van der Waals surface area contributed by atoms with Crippen LogP contribution in [0.1, 0.15) is 62.3 Å². The van der Waals surface area contributed by atoms with E-state index in [1.165, 1.54) is 6.92 Å². The lowest BCUT2D eigenvalue weighted by molar-refractivity contribution is -0.151. The molecule has 0 unspecified atom stereocenters. The third-order valence-electron chi connectivity index (χ3n) is 5.38. The molecule has 0 aliphatic carbocycles. The van der Waals surface area contributed by atoms with E-state index in [4.69, 9.17) is 13.9 Å². The molecule has 0 aromatic carbocycles. The topological polar surface area (TPSA) is 48.1 Å². The van der Waals surface area contributed by atoms with Gasteiger partial charge in [0.1, 0.15) is 6.10 Å². The van der Waals surface area contributed by atoms with Crippen LogP contribution in [0.25, 0.3) is 0 Å². The van der Waals surface area contributed by atoms with Crippen LogP contribution in [-0.4, -0.2) is 39.2 Å². The highest BCUT2D eigenvalue weighted by atomic mass is 28.4. The molecule has 1 heterocycles. The Labute approximate surface area is 143 Å². The van der Waals surface area contributed by atoms with E-state index in [-0.39, 0.29) is 30.2 Å². The maximum Gasteiger partial charge on any atom is 0.302 e. The van der Waals surface area contributed by atoms with Crippen LogP contribution in [0.15, 0.2) is 0 Å². The minimum atomic E-state index is -1.95. The predicted molar refractivity (Wildman–Crippen MR) is 96.1 cm³/mol. The molecule has 1 saturated heterocycles. The van der Waals surface area contributed by atoms with Gasteiger partial charge in [0.2, 0.25) is 8.32 Å². The summed E-state index contributed by atoms with van der Waals surface area (Å²) in [4.78, 5) is 11.5. The minimum absolute atomic E-state index is 0.159. The average Bonchev–Trinajstić information content (AvgIpc) is 3.12. The molecule has 0 amide bonds. The SMILES string of the molecule is CC(=O)O[C@H](CO[Si](C(C)C)(C(C)C)C(C)C)[C@@H](C)[C@H]1O[C@H]1C. The van der Waals surface area contributed by atoms with Crippen molar-refractivity contribution in [2.24, 2.45) is 5.92 Å². The number of carbonyl (C=O) groups is 1. The molecule has 23 heavy (non-hydrogen) atoms. The van der Waals surface area contributed by atoms with Crippen LogP contribution < -0.4 is 0 Å². The quantitative estimate of drug-likeness (QED) is 0.350. The van der Waals surface area contributed by atoms with E-state index in [1.807, 2.05) is 0 Å². The summed E-state index contributed by atoms with van der Waals surface area (Å²) in [5, 5.41) is 0. The van der Waals surface area contributed by atoms with Gasteiger partial charge >= 0.3 is 5.97 Å². The van der Waals surface area contributed by atoms with Gasteiger partial charge < -0.3 is 13.9 Å². The Morgan fingerprint density at radius 1 is 1.04 bits per heavy atom. The zero-order valence-electron chi connectivity index (χ0n) is 16.4. The second-order valence-electron chi connectivity index (χ2n) is 7.94. The van der Waals surface area contributed by atoms with Crippen molar-refractivity contribution in [1.29, 1.82) is 0 Å². The molecule has 1 fully saturated rings. The lowest BCUT2D eigenvalue weighted by atomic mass is 9.99. The Kier molecular flexibility index (Phi) is 7.29. The molecule has 1 aliphatic heterocycles. The first-order valence-electron chi connectivity index (χ1n) is 9.00. The number of ether oxygens (including phenoxy) is 2. The van der Waals surface area contributed by atoms with Gasteiger partial charge in [-0.05, 0) is 23.5 Å². The van der Waals surface area contributed by atoms with Crippen LogP contribution in [0.2, 0.25) is 16.6 Å². The average molecular weight is 345 g/mol. The fourth-order valence-corrected chi connectivity index (χ4v) is 9.65. The van der Waals surface area contributed by atoms with Gasteiger partial charge in [-0.2, -0.15) is 0 Å². The Morgan fingerprint density at radius 3 is 1.78 bits per heavy atom. The molecule has 0 N–H and O–H groups in total. The van der Waals surface area contributed by atoms with E-state index >= 15 is 0 Å². The first kappa shape index (κ1) is 20.7. The van der Waals surface area contributed by atoms with Crippen molar-refractivity contribution in [3.05, 3.63) is 0 Å². The van der Waals surface area contributed by atoms with Gasteiger partial charge in [-0.3, -0.25) is 4.79 Å². The third-order valence-corrected chi connectivity index (χ3v) is 11.5. The fraction of sp³-hybridized carbons (Fsp3) is 0.944. The molecule has 0 aromatic rings. The summed E-state index contributed by atoms with van der Waals surface area (Å²) in [6, 6.07) is 0. The van der Waals surface area contributed by atoms with E-state index in [1.54, 1.807) is 0 Å². The normalized spacial score (nSPS) is 24.2. The molecule has 0 saturated carbocycles. The van der Waals surface area contributed by atoms with E-state index in [0.29, 0.717) is 23.2 Å². The van der Waals surface area contributed by atoms with Gasteiger partial charge in [0.15, 0.2) is 0 Å². The lowest BCUT2D eigenvalue weighted by Crippen LogP contribution is -2.50. The fourth-order valence-electron chi connectivity index (χ4n) is 4.20. The van der Waals surface area contributed by atoms with Crippen molar-refractivity contribution in [3.63, 3.8) is 0 Å². The van der Waals surface area contributed by atoms with Crippen LogP contribution in [0.5, 0.6) is 0 Å². The Balaban J connectivity index is 2.86. The monoisotopic (exact) mass is 344 g/mol. The van der Waals surface area contributed by atoms with E-state index in [2.05, 4.69) is 55.4 Å². The first-order chi connectivity index (χ1) is 10.5. The summed E-state index contributed by atoms with van der Waals surface area (Å²) < 4.78 is 17.8. The van der Waals surface area contributed by atoms with Crippen LogP contribution >= 0.6 is 0 Å². The number of hydrogen-bond acceptors (Lipinski definition) is 4. The third kappa shape index (κ3) is 4.80. The molecule has 0 bridgehead atoms. The molecular weight excluding hydrogens is 308 g/mol. The van der Waals surface area contributed by atoms with Crippen molar-refractivity contribution >= 4 is 14.3 Å². The molecular formula is C18H36O4Si. The van der Waals surface area contributed by atoms with Crippen molar-refractivity contribution in [3.8, 4) is 0 Å². The second kappa shape index (κ2) is 8.12. The molecule has 136 valence electrons. The lowest BCUT2D eigenvalue weighted by Gasteiger charge is -2.43. The standard InChI is InChI=1S/C18H36O4Si/c1-11(2)23(12(3)4,13(5)6)20-10-17(22-16(9)19)14(7)18-15(8)21-18/h11-15,17-18H,10H2,1-9H3/t14-,15+,17-,18-/m1/s1. The molecule has 4 nitrogen and oxygen atoms in total. The minimum Gasteiger partial charge on any atom is -0.460 e. The molecule has 5 heteroatoms. The van der Waals surface area contributed by atoms with Gasteiger partial charge in [0.25, 0.3) is 0 Å². The van der Waals surface area contributed by atoms with Crippen molar-refractivity contribution in [2.75, 3.05) is 6.61 Å². The molecule has 0 radical (unpaired) electrons. The second-order valence-corrected chi connectivity index (χ2v) is 13.4. The van der Waals surface area contributed by atoms with Crippen molar-refractivity contribution in [1.82, 2.24) is 0 Å². The maximum absolute atomic E-state index is 11.5. The largest absolute Gasteiger partial charge is 0.460 e. The summed E-state index contributed by atoms with van der Waals surface area (Å²) in [7, 11) is -1.95. The molecule has 0 aromatic heterocycles. The maximum atomic E-state index is 11.5. The molecule has 1 rings (SSSR count). The highest BCUT2D eigenvalue weighted by molar-refractivity contribution is 6.77. The van der Waals surface area contributed by atoms with Gasteiger partial charge in [-0.25, -0.2) is 0 Å². The number of carbonyl (C=O) groups excluding carboxylic acids is 1. The number of rotatable bonds is 9. The van der Waals surface area contributed by atoms with Gasteiger partial charge in [0, 0.05) is 12.8 Å². The van der Waals surface area contributed by atoms with E-state index in [9.17, 15) is 4.79 Å². The molecule has 0 spiro atoms. The zero-order valence-corrected chi connectivity index (χ0v) is 17.4. The van der Waals surface area contributed by atoms with Crippen LogP contribution in [-0.2, 0) is 18.7 Å². The summed E-state index contributed by atoms with van der Waals surface area (Å²) in [5.41, 5.74) is 1.56. The summed E-state index contributed by atoms with van der Waals surface area (Å²) in [5.74, 6) is -0.0863. The van der Waals surface area contributed by atoms with Crippen LogP contribution in [0, 0.1) is 5.92 Å². The molecule has 1 aliphatic rings. The first-order valence-corrected chi connectivity index (χ1v) is 11.1. The van der Waals surface area contributed by atoms with E-state index in [0.717, 1.165) is 0 Å². The summed E-state index contributed by atoms with van der Waals surface area (Å²) in [6.07, 6.45) is 0.201. The summed E-state index contributed by atoms with van der Waals surface area (Å²) in [6.45, 7) is 19.7. The smallest absolute Gasteiger partial charge is 0.302 e. The van der Waals surface area contributed by atoms with Crippen LogP contribution in [0.3, 0.4) is 0 Å². The number of hydrogen-bond donors (Lipinski definition) is 0. The highest BCUT2D eigenvalue weighted by Crippen LogP contribution is 2.43. The van der Waals surface area contributed by atoms with Crippen LogP contribution in [0.4, 0.5) is 0 Å². The Morgan fingerprint density at radius 2 is 1.48 bits per heavy atom. The summed E-state index contributed by atoms with van der Waals surface area (Å²) >= 11 is 0. The molecule has 4 atom stereocenters.